The molecule has 1 aliphatic rings. The van der Waals surface area contributed by atoms with E-state index in [0.717, 1.165) is 0 Å². The van der Waals surface area contributed by atoms with Gasteiger partial charge in [0.1, 0.15) is 5.82 Å². The number of ether oxygens (including phenoxy) is 1. The number of H-pyrrole nitrogens is 1. The first-order valence-corrected chi connectivity index (χ1v) is 10.6. The third-order valence-electron chi connectivity index (χ3n) is 5.50. The molecule has 1 unspecified atom stereocenters. The number of aromatic hydroxyl groups is 1. The molecule has 9 nitrogen and oxygen atoms in total. The topological polar surface area (TPSA) is 119 Å². The van der Waals surface area contributed by atoms with E-state index in [9.17, 15) is 19.1 Å². The van der Waals surface area contributed by atoms with Crippen molar-refractivity contribution >= 4 is 34.1 Å². The van der Waals surface area contributed by atoms with Gasteiger partial charge in [-0.2, -0.15) is 0 Å². The van der Waals surface area contributed by atoms with Crippen LogP contribution < -0.4 is 5.32 Å². The Morgan fingerprint density at radius 3 is 2.67 bits per heavy atom. The second-order valence-corrected chi connectivity index (χ2v) is 7.83. The van der Waals surface area contributed by atoms with Crippen LogP contribution >= 0.6 is 0 Å². The lowest BCUT2D eigenvalue weighted by atomic mass is 10.0. The van der Waals surface area contributed by atoms with Crippen LogP contribution in [0.1, 0.15) is 18.4 Å². The summed E-state index contributed by atoms with van der Waals surface area (Å²) in [5.74, 6) is -1.96. The van der Waals surface area contributed by atoms with E-state index in [-0.39, 0.29) is 24.0 Å². The van der Waals surface area contributed by atoms with Crippen molar-refractivity contribution in [1.82, 2.24) is 9.88 Å². The van der Waals surface area contributed by atoms with Crippen LogP contribution in [0.2, 0.25) is 0 Å². The number of anilines is 1. The van der Waals surface area contributed by atoms with Gasteiger partial charge in [-0.25, -0.2) is 4.39 Å². The summed E-state index contributed by atoms with van der Waals surface area (Å²) in [5, 5.41) is 21.3. The fourth-order valence-corrected chi connectivity index (χ4v) is 3.59. The number of halogens is 1. The molecule has 4 rings (SSSR count). The van der Waals surface area contributed by atoms with Crippen molar-refractivity contribution in [1.29, 1.82) is 0 Å². The molecule has 0 aliphatic carbocycles. The van der Waals surface area contributed by atoms with Crippen LogP contribution in [-0.4, -0.2) is 59.7 Å². The number of carbonyl (C=O) groups excluding carboxylic acids is 2. The van der Waals surface area contributed by atoms with Crippen molar-refractivity contribution in [2.75, 3.05) is 38.2 Å². The van der Waals surface area contributed by atoms with Crippen LogP contribution in [0.5, 0.6) is 5.88 Å². The fourth-order valence-electron chi connectivity index (χ4n) is 3.59. The normalized spacial score (nSPS) is 15.7. The Kier molecular flexibility index (Phi) is 6.76. The Hall–Kier alpha value is -3.63. The SMILES string of the molecule is CC(C(=O)N=Nc1c(O)[nH]c2ccc(NC(=O)CN3CCOCC3)cc12)c1ccc(F)cc1. The standard InChI is InChI=1S/C23H24FN5O4/c1-14(15-2-4-16(24)5-3-15)22(31)28-27-21-18-12-17(6-7-19(18)26-23(21)32)25-20(30)13-29-8-10-33-11-9-29/h2-7,12,14,26,32H,8-11,13H2,1H3,(H,25,30). The summed E-state index contributed by atoms with van der Waals surface area (Å²) in [6.07, 6.45) is 0. The van der Waals surface area contributed by atoms with E-state index >= 15 is 0 Å². The summed E-state index contributed by atoms with van der Waals surface area (Å²) >= 11 is 0. The molecule has 2 heterocycles. The number of aromatic amines is 1. The fraction of sp³-hybridized carbons (Fsp3) is 0.304. The van der Waals surface area contributed by atoms with Crippen molar-refractivity contribution < 1.29 is 23.8 Å². The van der Waals surface area contributed by atoms with E-state index in [1.54, 1.807) is 25.1 Å². The van der Waals surface area contributed by atoms with Crippen LogP contribution in [-0.2, 0) is 14.3 Å². The number of hydrogen-bond acceptors (Lipinski definition) is 6. The summed E-state index contributed by atoms with van der Waals surface area (Å²) in [6, 6.07) is 10.6. The van der Waals surface area contributed by atoms with E-state index in [1.807, 2.05) is 4.90 Å². The minimum atomic E-state index is -0.628. The Balaban J connectivity index is 1.49. The first kappa shape index (κ1) is 22.6. The molecular weight excluding hydrogens is 429 g/mol. The molecule has 172 valence electrons. The molecule has 0 saturated carbocycles. The third kappa shape index (κ3) is 5.41. The van der Waals surface area contributed by atoms with Gasteiger partial charge in [-0.15, -0.1) is 10.2 Å². The van der Waals surface area contributed by atoms with Crippen molar-refractivity contribution in [3.05, 3.63) is 53.8 Å². The van der Waals surface area contributed by atoms with Gasteiger partial charge in [-0.05, 0) is 42.8 Å². The van der Waals surface area contributed by atoms with Crippen molar-refractivity contribution in [2.24, 2.45) is 10.2 Å². The van der Waals surface area contributed by atoms with Gasteiger partial charge in [0.15, 0.2) is 5.69 Å². The van der Waals surface area contributed by atoms with E-state index in [1.165, 1.54) is 24.3 Å². The maximum absolute atomic E-state index is 13.1. The highest BCUT2D eigenvalue weighted by Crippen LogP contribution is 2.37. The summed E-state index contributed by atoms with van der Waals surface area (Å²) in [5.41, 5.74) is 1.80. The van der Waals surface area contributed by atoms with Crippen LogP contribution in [0.25, 0.3) is 10.9 Å². The molecular formula is C23H24FN5O4. The minimum Gasteiger partial charge on any atom is -0.493 e. The number of amides is 2. The van der Waals surface area contributed by atoms with Crippen LogP contribution in [0.3, 0.4) is 0 Å². The molecule has 1 fully saturated rings. The number of morpholine rings is 1. The molecule has 1 saturated heterocycles. The molecule has 0 bridgehead atoms. The molecule has 2 aromatic carbocycles. The molecule has 3 aromatic rings. The average molecular weight is 453 g/mol. The average Bonchev–Trinajstić information content (AvgIpc) is 3.12. The Morgan fingerprint density at radius 1 is 1.21 bits per heavy atom. The zero-order valence-electron chi connectivity index (χ0n) is 18.0. The molecule has 1 aromatic heterocycles. The predicted octanol–water partition coefficient (Wildman–Crippen LogP) is 3.70. The Morgan fingerprint density at radius 2 is 1.94 bits per heavy atom. The lowest BCUT2D eigenvalue weighted by Gasteiger charge is -2.25. The van der Waals surface area contributed by atoms with E-state index in [0.29, 0.717) is 48.5 Å². The quantitative estimate of drug-likeness (QED) is 0.492. The monoisotopic (exact) mass is 453 g/mol. The van der Waals surface area contributed by atoms with Crippen molar-refractivity contribution in [2.45, 2.75) is 12.8 Å². The minimum absolute atomic E-state index is 0.0916. The second kappa shape index (κ2) is 9.88. The molecule has 33 heavy (non-hydrogen) atoms. The smallest absolute Gasteiger partial charge is 0.271 e. The van der Waals surface area contributed by atoms with Gasteiger partial charge < -0.3 is 20.1 Å². The van der Waals surface area contributed by atoms with Crippen molar-refractivity contribution in [3.8, 4) is 5.88 Å². The maximum Gasteiger partial charge on any atom is 0.271 e. The number of azo groups is 1. The summed E-state index contributed by atoms with van der Waals surface area (Å²) in [6.45, 7) is 4.51. The first-order chi connectivity index (χ1) is 15.9. The van der Waals surface area contributed by atoms with Crippen LogP contribution in [0, 0.1) is 5.82 Å². The van der Waals surface area contributed by atoms with Gasteiger partial charge in [0.25, 0.3) is 5.91 Å². The molecule has 10 heteroatoms. The molecule has 0 spiro atoms. The maximum atomic E-state index is 13.1. The highest BCUT2D eigenvalue weighted by atomic mass is 19.1. The summed E-state index contributed by atoms with van der Waals surface area (Å²) < 4.78 is 18.4. The van der Waals surface area contributed by atoms with Gasteiger partial charge in [-0.3, -0.25) is 14.5 Å². The number of carbonyl (C=O) groups is 2. The predicted molar refractivity (Wildman–Crippen MR) is 120 cm³/mol. The molecule has 3 N–H and O–H groups in total. The number of rotatable bonds is 6. The zero-order chi connectivity index (χ0) is 23.4. The molecule has 2 amide bonds. The lowest BCUT2D eigenvalue weighted by Crippen LogP contribution is -2.41. The number of fused-ring (bicyclic) bond motifs is 1. The highest BCUT2D eigenvalue weighted by Gasteiger charge is 2.18. The third-order valence-corrected chi connectivity index (χ3v) is 5.50. The second-order valence-electron chi connectivity index (χ2n) is 7.83. The molecule has 0 radical (unpaired) electrons. The first-order valence-electron chi connectivity index (χ1n) is 10.6. The molecule has 1 aliphatic heterocycles. The number of nitrogens with zero attached hydrogens (tertiary/aromatic N) is 3. The van der Waals surface area contributed by atoms with Gasteiger partial charge in [0, 0.05) is 24.2 Å². The number of aromatic nitrogens is 1. The largest absolute Gasteiger partial charge is 0.493 e. The highest BCUT2D eigenvalue weighted by molar-refractivity contribution is 6.00. The summed E-state index contributed by atoms with van der Waals surface area (Å²) in [4.78, 5) is 29.6. The van der Waals surface area contributed by atoms with Gasteiger partial charge >= 0.3 is 0 Å². The van der Waals surface area contributed by atoms with Crippen LogP contribution in [0.4, 0.5) is 15.8 Å². The van der Waals surface area contributed by atoms with E-state index < -0.39 is 17.6 Å². The van der Waals surface area contributed by atoms with E-state index in [2.05, 4.69) is 20.5 Å². The number of hydrogen-bond donors (Lipinski definition) is 3. The summed E-state index contributed by atoms with van der Waals surface area (Å²) in [7, 11) is 0. The molecule has 1 atom stereocenters. The van der Waals surface area contributed by atoms with Gasteiger partial charge in [0.05, 0.1) is 31.2 Å². The number of nitrogens with one attached hydrogen (secondary N) is 2. The Labute approximate surface area is 189 Å². The zero-order valence-corrected chi connectivity index (χ0v) is 18.0. The van der Waals surface area contributed by atoms with E-state index in [4.69, 9.17) is 4.74 Å². The number of benzene rings is 2. The van der Waals surface area contributed by atoms with Gasteiger partial charge in [0.2, 0.25) is 11.8 Å². The lowest BCUT2D eigenvalue weighted by molar-refractivity contribution is -0.119. The van der Waals surface area contributed by atoms with Gasteiger partial charge in [-0.1, -0.05) is 12.1 Å². The van der Waals surface area contributed by atoms with Crippen LogP contribution in [0.15, 0.2) is 52.7 Å². The van der Waals surface area contributed by atoms with Crippen molar-refractivity contribution in [3.63, 3.8) is 0 Å². The Bertz CT molecular complexity index is 1190.